The van der Waals surface area contributed by atoms with Gasteiger partial charge in [0.1, 0.15) is 0 Å². The van der Waals surface area contributed by atoms with E-state index < -0.39 is 0 Å². The fraction of sp³-hybridized carbons (Fsp3) is 0.429. The van der Waals surface area contributed by atoms with E-state index in [0.29, 0.717) is 6.04 Å². The summed E-state index contributed by atoms with van der Waals surface area (Å²) in [5.41, 5.74) is 8.95. The average molecular weight is 216 g/mol. The summed E-state index contributed by atoms with van der Waals surface area (Å²) >= 11 is 0. The molecule has 86 valence electrons. The van der Waals surface area contributed by atoms with Crippen LogP contribution in [0.15, 0.2) is 36.5 Å². The third kappa shape index (κ3) is 2.86. The molecule has 0 fully saturated rings. The van der Waals surface area contributed by atoms with Gasteiger partial charge in [0.05, 0.1) is 6.04 Å². The van der Waals surface area contributed by atoms with Crippen molar-refractivity contribution in [1.82, 2.24) is 10.9 Å². The van der Waals surface area contributed by atoms with Gasteiger partial charge in [0.25, 0.3) is 0 Å². The van der Waals surface area contributed by atoms with Crippen molar-refractivity contribution in [3.63, 3.8) is 0 Å². The van der Waals surface area contributed by atoms with Crippen LogP contribution in [-0.2, 0) is 6.42 Å². The summed E-state index contributed by atoms with van der Waals surface area (Å²) in [4.78, 5) is 0. The molecule has 1 aliphatic rings. The summed E-state index contributed by atoms with van der Waals surface area (Å²) in [6.45, 7) is 2.24. The highest BCUT2D eigenvalue weighted by Gasteiger charge is 2.09. The van der Waals surface area contributed by atoms with Crippen molar-refractivity contribution < 1.29 is 0 Å². The highest BCUT2D eigenvalue weighted by Crippen LogP contribution is 2.17. The van der Waals surface area contributed by atoms with Crippen LogP contribution in [0.3, 0.4) is 0 Å². The molecular weight excluding hydrogens is 196 g/mol. The smallest absolute Gasteiger partial charge is 0.0707 e. The minimum atomic E-state index is 0.324. The van der Waals surface area contributed by atoms with Crippen LogP contribution >= 0.6 is 0 Å². The lowest BCUT2D eigenvalue weighted by Crippen LogP contribution is -2.24. The first-order valence-corrected chi connectivity index (χ1v) is 6.16. The normalized spacial score (nSPS) is 18.7. The molecule has 0 spiro atoms. The summed E-state index contributed by atoms with van der Waals surface area (Å²) < 4.78 is 0. The topological polar surface area (TPSA) is 24.1 Å². The van der Waals surface area contributed by atoms with E-state index in [1.807, 2.05) is 6.20 Å². The highest BCUT2D eigenvalue weighted by atomic mass is 15.4. The summed E-state index contributed by atoms with van der Waals surface area (Å²) in [6.07, 6.45) is 9.21. The van der Waals surface area contributed by atoms with E-state index in [1.165, 1.54) is 36.8 Å². The Balaban J connectivity index is 1.91. The van der Waals surface area contributed by atoms with Crippen molar-refractivity contribution >= 4 is 0 Å². The third-order valence-corrected chi connectivity index (χ3v) is 3.02. The molecule has 2 N–H and O–H groups in total. The molecule has 2 nitrogen and oxygen atoms in total. The molecule has 0 radical (unpaired) electrons. The van der Waals surface area contributed by atoms with Crippen LogP contribution in [0, 0.1) is 0 Å². The number of hydrazine groups is 1. The number of hydrogen-bond acceptors (Lipinski definition) is 2. The molecule has 0 aliphatic carbocycles. The Bertz CT molecular complexity index is 340. The Hall–Kier alpha value is -1.28. The number of rotatable bonds is 5. The largest absolute Gasteiger partial charge is 0.328 e. The second-order valence-electron chi connectivity index (χ2n) is 4.32. The number of benzene rings is 1. The molecule has 0 amide bonds. The average Bonchev–Trinajstić information content (AvgIpc) is 2.84. The molecule has 1 aliphatic heterocycles. The van der Waals surface area contributed by atoms with Crippen LogP contribution in [0.5, 0.6) is 0 Å². The number of unbranched alkanes of at least 4 members (excludes halogenated alkanes) is 2. The quantitative estimate of drug-likeness (QED) is 0.739. The lowest BCUT2D eigenvalue weighted by Gasteiger charge is -2.10. The minimum Gasteiger partial charge on any atom is -0.328 e. The molecule has 2 heteroatoms. The van der Waals surface area contributed by atoms with Crippen molar-refractivity contribution in [2.75, 3.05) is 0 Å². The zero-order valence-corrected chi connectivity index (χ0v) is 9.87. The standard InChI is InChI=1S/C14H20N2/c1-2-3-4-5-12-6-8-13(9-7-12)14-10-11-15-16-14/h6-11,14-16H,2-5H2,1H3. The van der Waals surface area contributed by atoms with Gasteiger partial charge in [0.2, 0.25) is 0 Å². The fourth-order valence-electron chi connectivity index (χ4n) is 2.00. The van der Waals surface area contributed by atoms with Gasteiger partial charge < -0.3 is 5.43 Å². The fourth-order valence-corrected chi connectivity index (χ4v) is 2.00. The molecule has 1 unspecified atom stereocenters. The molecule has 2 rings (SSSR count). The van der Waals surface area contributed by atoms with Crippen LogP contribution in [0.1, 0.15) is 43.4 Å². The van der Waals surface area contributed by atoms with Gasteiger partial charge in [0.15, 0.2) is 0 Å². The van der Waals surface area contributed by atoms with Crippen LogP contribution in [0.25, 0.3) is 0 Å². The van der Waals surface area contributed by atoms with Crippen molar-refractivity contribution in [2.45, 2.75) is 38.6 Å². The summed E-state index contributed by atoms with van der Waals surface area (Å²) in [5.74, 6) is 0. The van der Waals surface area contributed by atoms with E-state index in [1.54, 1.807) is 0 Å². The predicted molar refractivity (Wildman–Crippen MR) is 67.8 cm³/mol. The highest BCUT2D eigenvalue weighted by molar-refractivity contribution is 5.28. The lowest BCUT2D eigenvalue weighted by atomic mass is 10.0. The molecular formula is C14H20N2. The Kier molecular flexibility index (Phi) is 4.00. The zero-order chi connectivity index (χ0) is 11.2. The monoisotopic (exact) mass is 216 g/mol. The maximum absolute atomic E-state index is 3.18. The van der Waals surface area contributed by atoms with Crippen LogP contribution in [0.4, 0.5) is 0 Å². The molecule has 1 aromatic rings. The first kappa shape index (κ1) is 11.2. The van der Waals surface area contributed by atoms with Crippen molar-refractivity contribution in [2.24, 2.45) is 0 Å². The van der Waals surface area contributed by atoms with Gasteiger partial charge in [0, 0.05) is 6.20 Å². The molecule has 0 saturated carbocycles. The SMILES string of the molecule is CCCCCc1ccc(C2C=CNN2)cc1. The Morgan fingerprint density at radius 2 is 1.94 bits per heavy atom. The van der Waals surface area contributed by atoms with Gasteiger partial charge in [-0.25, -0.2) is 5.43 Å². The molecule has 0 aromatic heterocycles. The molecule has 1 heterocycles. The van der Waals surface area contributed by atoms with Crippen molar-refractivity contribution in [3.8, 4) is 0 Å². The second kappa shape index (κ2) is 5.71. The lowest BCUT2D eigenvalue weighted by molar-refractivity contribution is 0.610. The maximum atomic E-state index is 3.18. The minimum absolute atomic E-state index is 0.324. The number of aryl methyl sites for hydroxylation is 1. The molecule has 16 heavy (non-hydrogen) atoms. The van der Waals surface area contributed by atoms with E-state index in [4.69, 9.17) is 0 Å². The molecule has 1 atom stereocenters. The Morgan fingerprint density at radius 1 is 1.12 bits per heavy atom. The van der Waals surface area contributed by atoms with E-state index in [9.17, 15) is 0 Å². The van der Waals surface area contributed by atoms with E-state index >= 15 is 0 Å². The maximum Gasteiger partial charge on any atom is 0.0707 e. The van der Waals surface area contributed by atoms with Gasteiger partial charge in [-0.3, -0.25) is 0 Å². The number of nitrogens with one attached hydrogen (secondary N) is 2. The summed E-state index contributed by atoms with van der Waals surface area (Å²) in [7, 11) is 0. The first-order valence-electron chi connectivity index (χ1n) is 6.16. The van der Waals surface area contributed by atoms with Crippen molar-refractivity contribution in [1.29, 1.82) is 0 Å². The van der Waals surface area contributed by atoms with Gasteiger partial charge in [-0.15, -0.1) is 0 Å². The van der Waals surface area contributed by atoms with Crippen LogP contribution in [-0.4, -0.2) is 0 Å². The van der Waals surface area contributed by atoms with Gasteiger partial charge in [-0.1, -0.05) is 44.0 Å². The van der Waals surface area contributed by atoms with Gasteiger partial charge in [-0.05, 0) is 30.0 Å². The molecule has 1 aromatic carbocycles. The number of hydrogen-bond donors (Lipinski definition) is 2. The van der Waals surface area contributed by atoms with Crippen molar-refractivity contribution in [3.05, 3.63) is 47.7 Å². The van der Waals surface area contributed by atoms with Gasteiger partial charge >= 0.3 is 0 Å². The van der Waals surface area contributed by atoms with Gasteiger partial charge in [-0.2, -0.15) is 0 Å². The van der Waals surface area contributed by atoms with Crippen LogP contribution < -0.4 is 10.9 Å². The first-order chi connectivity index (χ1) is 7.90. The summed E-state index contributed by atoms with van der Waals surface area (Å²) in [6, 6.07) is 9.26. The molecule has 0 bridgehead atoms. The third-order valence-electron chi connectivity index (χ3n) is 3.02. The summed E-state index contributed by atoms with van der Waals surface area (Å²) in [5, 5.41) is 0. The van der Waals surface area contributed by atoms with E-state index in [-0.39, 0.29) is 0 Å². The van der Waals surface area contributed by atoms with Crippen LogP contribution in [0.2, 0.25) is 0 Å². The Labute approximate surface area is 97.7 Å². The Morgan fingerprint density at radius 3 is 2.56 bits per heavy atom. The van der Waals surface area contributed by atoms with E-state index in [2.05, 4.69) is 48.1 Å². The van der Waals surface area contributed by atoms with E-state index in [0.717, 1.165) is 0 Å². The second-order valence-corrected chi connectivity index (χ2v) is 4.32. The zero-order valence-electron chi connectivity index (χ0n) is 9.87. The predicted octanol–water partition coefficient (Wildman–Crippen LogP) is 3.08. The molecule has 0 saturated heterocycles.